The van der Waals surface area contributed by atoms with Gasteiger partial charge >= 0.3 is 0 Å². The standard InChI is InChI=1S/C13H21N3/c1-10-15-12-4-2-3-5-13(12)16(10)7-6-11-8-14-9-11/h11,14H,2-9H2,1H3. The third kappa shape index (κ3) is 1.77. The molecule has 0 spiro atoms. The largest absolute Gasteiger partial charge is 0.332 e. The van der Waals surface area contributed by atoms with Gasteiger partial charge in [0.2, 0.25) is 0 Å². The van der Waals surface area contributed by atoms with Crippen LogP contribution < -0.4 is 5.32 Å². The zero-order valence-electron chi connectivity index (χ0n) is 10.1. The van der Waals surface area contributed by atoms with E-state index in [0.717, 1.165) is 5.92 Å². The zero-order valence-corrected chi connectivity index (χ0v) is 10.1. The van der Waals surface area contributed by atoms with Gasteiger partial charge in [0.15, 0.2) is 0 Å². The van der Waals surface area contributed by atoms with E-state index in [1.807, 2.05) is 0 Å². The summed E-state index contributed by atoms with van der Waals surface area (Å²) in [7, 11) is 0. The zero-order chi connectivity index (χ0) is 11.0. The highest BCUT2D eigenvalue weighted by atomic mass is 15.1. The highest BCUT2D eigenvalue weighted by Crippen LogP contribution is 2.23. The highest BCUT2D eigenvalue weighted by Gasteiger charge is 2.20. The van der Waals surface area contributed by atoms with Gasteiger partial charge in [-0.3, -0.25) is 0 Å². The number of aromatic nitrogens is 2. The summed E-state index contributed by atoms with van der Waals surface area (Å²) >= 11 is 0. The second kappa shape index (κ2) is 4.21. The van der Waals surface area contributed by atoms with Crippen LogP contribution in [0.25, 0.3) is 0 Å². The highest BCUT2D eigenvalue weighted by molar-refractivity contribution is 5.19. The summed E-state index contributed by atoms with van der Waals surface area (Å²) in [5, 5.41) is 3.34. The Hall–Kier alpha value is -0.830. The predicted octanol–water partition coefficient (Wildman–Crippen LogP) is 1.68. The van der Waals surface area contributed by atoms with Gasteiger partial charge in [0.05, 0.1) is 5.69 Å². The quantitative estimate of drug-likeness (QED) is 0.838. The molecule has 88 valence electrons. The molecule has 0 aromatic carbocycles. The van der Waals surface area contributed by atoms with Crippen LogP contribution in [0.4, 0.5) is 0 Å². The summed E-state index contributed by atoms with van der Waals surface area (Å²) in [4.78, 5) is 4.72. The van der Waals surface area contributed by atoms with Gasteiger partial charge in [0.1, 0.15) is 5.82 Å². The number of hydrogen-bond donors (Lipinski definition) is 1. The first kappa shape index (κ1) is 10.3. The van der Waals surface area contributed by atoms with Crippen LogP contribution in [0, 0.1) is 12.8 Å². The van der Waals surface area contributed by atoms with Gasteiger partial charge in [-0.1, -0.05) is 0 Å². The van der Waals surface area contributed by atoms with Crippen molar-refractivity contribution in [3.63, 3.8) is 0 Å². The summed E-state index contributed by atoms with van der Waals surface area (Å²) in [6.45, 7) is 5.78. The third-order valence-corrected chi connectivity index (χ3v) is 4.05. The summed E-state index contributed by atoms with van der Waals surface area (Å²) in [6.07, 6.45) is 6.45. The monoisotopic (exact) mass is 219 g/mol. The molecule has 2 aliphatic rings. The van der Waals surface area contributed by atoms with E-state index in [0.29, 0.717) is 0 Å². The van der Waals surface area contributed by atoms with E-state index in [9.17, 15) is 0 Å². The maximum absolute atomic E-state index is 4.72. The molecule has 3 heteroatoms. The fourth-order valence-corrected chi connectivity index (χ4v) is 2.90. The van der Waals surface area contributed by atoms with Crippen LogP contribution in [0.3, 0.4) is 0 Å². The average molecular weight is 219 g/mol. The van der Waals surface area contributed by atoms with Crippen molar-refractivity contribution in [2.45, 2.75) is 45.6 Å². The van der Waals surface area contributed by atoms with Crippen molar-refractivity contribution in [2.24, 2.45) is 5.92 Å². The fourth-order valence-electron chi connectivity index (χ4n) is 2.90. The fraction of sp³-hybridized carbons (Fsp3) is 0.769. The molecule has 1 aromatic rings. The van der Waals surface area contributed by atoms with Crippen LogP contribution in [0.5, 0.6) is 0 Å². The topological polar surface area (TPSA) is 29.9 Å². The maximum Gasteiger partial charge on any atom is 0.106 e. The van der Waals surface area contributed by atoms with Gasteiger partial charge in [0.25, 0.3) is 0 Å². The van der Waals surface area contributed by atoms with E-state index in [-0.39, 0.29) is 0 Å². The minimum atomic E-state index is 0.904. The molecule has 1 aliphatic heterocycles. The van der Waals surface area contributed by atoms with Crippen LogP contribution in [0.1, 0.15) is 36.5 Å². The van der Waals surface area contributed by atoms with Crippen LogP contribution in [-0.4, -0.2) is 22.6 Å². The Bertz CT molecular complexity index is 377. The Morgan fingerprint density at radius 3 is 2.88 bits per heavy atom. The van der Waals surface area contributed by atoms with Crippen molar-refractivity contribution in [2.75, 3.05) is 13.1 Å². The van der Waals surface area contributed by atoms with Crippen molar-refractivity contribution in [1.82, 2.24) is 14.9 Å². The average Bonchev–Trinajstić information content (AvgIpc) is 2.53. The lowest BCUT2D eigenvalue weighted by Crippen LogP contribution is -2.42. The Kier molecular flexibility index (Phi) is 2.72. The third-order valence-electron chi connectivity index (χ3n) is 4.05. The SMILES string of the molecule is Cc1nc2c(n1CCC1CNC1)CCCC2. The van der Waals surface area contributed by atoms with E-state index in [2.05, 4.69) is 16.8 Å². The van der Waals surface area contributed by atoms with Crippen LogP contribution >= 0.6 is 0 Å². The van der Waals surface area contributed by atoms with Gasteiger partial charge in [-0.15, -0.1) is 0 Å². The molecule has 3 rings (SSSR count). The van der Waals surface area contributed by atoms with Gasteiger partial charge in [-0.05, 0) is 58.0 Å². The normalized spacial score (nSPS) is 20.6. The summed E-state index contributed by atoms with van der Waals surface area (Å²) in [5.41, 5.74) is 2.92. The van der Waals surface area contributed by atoms with E-state index in [4.69, 9.17) is 4.98 Å². The summed E-state index contributed by atoms with van der Waals surface area (Å²) < 4.78 is 2.48. The van der Waals surface area contributed by atoms with E-state index in [1.165, 1.54) is 69.0 Å². The Labute approximate surface area is 97.3 Å². The van der Waals surface area contributed by atoms with Gasteiger partial charge in [0, 0.05) is 12.2 Å². The number of rotatable bonds is 3. The molecule has 0 saturated carbocycles. The number of nitrogens with zero attached hydrogens (tertiary/aromatic N) is 2. The smallest absolute Gasteiger partial charge is 0.106 e. The molecule has 1 N–H and O–H groups in total. The number of nitrogens with one attached hydrogen (secondary N) is 1. The summed E-state index contributed by atoms with van der Waals surface area (Å²) in [5.74, 6) is 2.14. The van der Waals surface area contributed by atoms with Crippen LogP contribution in [-0.2, 0) is 19.4 Å². The molecule has 0 radical (unpaired) electrons. The first-order valence-corrected chi connectivity index (χ1v) is 6.60. The van der Waals surface area contributed by atoms with Crippen LogP contribution in [0.2, 0.25) is 0 Å². The number of hydrogen-bond acceptors (Lipinski definition) is 2. The molecule has 16 heavy (non-hydrogen) atoms. The van der Waals surface area contributed by atoms with Gasteiger partial charge < -0.3 is 9.88 Å². The molecular formula is C13H21N3. The van der Waals surface area contributed by atoms with Crippen molar-refractivity contribution >= 4 is 0 Å². The number of fused-ring (bicyclic) bond motifs is 1. The lowest BCUT2D eigenvalue weighted by Gasteiger charge is -2.27. The molecule has 1 aromatic heterocycles. The molecule has 1 fully saturated rings. The Morgan fingerprint density at radius 1 is 1.31 bits per heavy atom. The lowest BCUT2D eigenvalue weighted by atomic mass is 9.98. The van der Waals surface area contributed by atoms with Crippen molar-refractivity contribution in [3.05, 3.63) is 17.2 Å². The summed E-state index contributed by atoms with van der Waals surface area (Å²) in [6, 6.07) is 0. The molecule has 1 saturated heterocycles. The molecule has 0 atom stereocenters. The number of imidazole rings is 1. The van der Waals surface area contributed by atoms with Crippen molar-refractivity contribution in [1.29, 1.82) is 0 Å². The van der Waals surface area contributed by atoms with Gasteiger partial charge in [-0.25, -0.2) is 4.98 Å². The molecule has 3 nitrogen and oxygen atoms in total. The Morgan fingerprint density at radius 2 is 2.12 bits per heavy atom. The minimum absolute atomic E-state index is 0.904. The van der Waals surface area contributed by atoms with E-state index in [1.54, 1.807) is 0 Å². The molecule has 0 unspecified atom stereocenters. The molecule has 2 heterocycles. The van der Waals surface area contributed by atoms with Crippen LogP contribution in [0.15, 0.2) is 0 Å². The molecular weight excluding hydrogens is 198 g/mol. The number of aryl methyl sites for hydroxylation is 2. The van der Waals surface area contributed by atoms with Crippen molar-refractivity contribution in [3.8, 4) is 0 Å². The first-order chi connectivity index (χ1) is 7.84. The lowest BCUT2D eigenvalue weighted by molar-refractivity contribution is 0.309. The van der Waals surface area contributed by atoms with E-state index >= 15 is 0 Å². The first-order valence-electron chi connectivity index (χ1n) is 6.60. The van der Waals surface area contributed by atoms with Gasteiger partial charge in [-0.2, -0.15) is 0 Å². The Balaban J connectivity index is 1.74. The van der Waals surface area contributed by atoms with E-state index < -0.39 is 0 Å². The minimum Gasteiger partial charge on any atom is -0.332 e. The predicted molar refractivity (Wildman–Crippen MR) is 64.6 cm³/mol. The molecule has 0 bridgehead atoms. The van der Waals surface area contributed by atoms with Crippen molar-refractivity contribution < 1.29 is 0 Å². The second-order valence-electron chi connectivity index (χ2n) is 5.22. The maximum atomic E-state index is 4.72. The second-order valence-corrected chi connectivity index (χ2v) is 5.22. The molecule has 0 amide bonds. The molecule has 1 aliphatic carbocycles.